The summed E-state index contributed by atoms with van der Waals surface area (Å²) in [5.41, 5.74) is 0.921. The van der Waals surface area contributed by atoms with Crippen LogP contribution in [0.15, 0.2) is 53.7 Å². The molecule has 5 nitrogen and oxygen atoms in total. The molecule has 0 fully saturated rings. The van der Waals surface area contributed by atoms with E-state index >= 15 is 0 Å². The van der Waals surface area contributed by atoms with Gasteiger partial charge < -0.3 is 15.5 Å². The average molecular weight is 343 g/mol. The molecule has 134 valence electrons. The van der Waals surface area contributed by atoms with E-state index in [1.807, 2.05) is 36.2 Å². The second-order valence-corrected chi connectivity index (χ2v) is 5.81. The minimum absolute atomic E-state index is 0.214. The highest BCUT2D eigenvalue weighted by atomic mass is 19.1. The molecule has 0 bridgehead atoms. The minimum Gasteiger partial charge on any atom is -0.370 e. The van der Waals surface area contributed by atoms with Gasteiger partial charge in [0.25, 0.3) is 0 Å². The zero-order chi connectivity index (χ0) is 17.9. The number of rotatable bonds is 8. The van der Waals surface area contributed by atoms with Crippen LogP contribution in [0, 0.1) is 5.82 Å². The number of hydrogen-bond donors (Lipinski definition) is 2. The lowest BCUT2D eigenvalue weighted by Gasteiger charge is -2.22. The number of nitrogens with one attached hydrogen (secondary N) is 2. The summed E-state index contributed by atoms with van der Waals surface area (Å²) < 4.78 is 13.3. The van der Waals surface area contributed by atoms with Crippen molar-refractivity contribution in [3.05, 3.63) is 60.0 Å². The number of unbranched alkanes of at least 4 members (excludes halogenated alkanes) is 1. The quantitative estimate of drug-likeness (QED) is 0.439. The average Bonchev–Trinajstić information content (AvgIpc) is 2.62. The first kappa shape index (κ1) is 18.7. The molecule has 0 aliphatic carbocycles. The molecule has 0 radical (unpaired) electrons. The Morgan fingerprint density at radius 3 is 2.72 bits per heavy atom. The number of nitrogens with zero attached hydrogens (tertiary/aromatic N) is 3. The van der Waals surface area contributed by atoms with Gasteiger partial charge in [0.1, 0.15) is 11.6 Å². The van der Waals surface area contributed by atoms with Crippen molar-refractivity contribution >= 4 is 11.8 Å². The number of hydrogen-bond acceptors (Lipinski definition) is 3. The Kier molecular flexibility index (Phi) is 7.69. The Labute approximate surface area is 149 Å². The van der Waals surface area contributed by atoms with Crippen molar-refractivity contribution in [3.63, 3.8) is 0 Å². The van der Waals surface area contributed by atoms with Crippen LogP contribution in [0.3, 0.4) is 0 Å². The highest BCUT2D eigenvalue weighted by molar-refractivity contribution is 5.79. The van der Waals surface area contributed by atoms with Crippen molar-refractivity contribution < 1.29 is 4.39 Å². The lowest BCUT2D eigenvalue weighted by Crippen LogP contribution is -2.39. The number of anilines is 1. The highest BCUT2D eigenvalue weighted by Gasteiger charge is 2.06. The van der Waals surface area contributed by atoms with E-state index in [0.717, 1.165) is 43.3 Å². The Hall–Kier alpha value is -2.63. The predicted molar refractivity (Wildman–Crippen MR) is 101 cm³/mol. The maximum Gasteiger partial charge on any atom is 0.193 e. The van der Waals surface area contributed by atoms with Crippen molar-refractivity contribution in [1.29, 1.82) is 0 Å². The SMILES string of the molecule is CN=C(NCCCCNc1ccccn1)N(C)Cc1cccc(F)c1. The third-order valence-electron chi connectivity index (χ3n) is 3.74. The van der Waals surface area contributed by atoms with Gasteiger partial charge in [-0.25, -0.2) is 9.37 Å². The molecule has 0 aliphatic rings. The van der Waals surface area contributed by atoms with Gasteiger partial charge in [-0.15, -0.1) is 0 Å². The first-order chi connectivity index (χ1) is 12.2. The molecule has 0 saturated heterocycles. The van der Waals surface area contributed by atoms with Crippen molar-refractivity contribution in [2.24, 2.45) is 4.99 Å². The minimum atomic E-state index is -0.214. The van der Waals surface area contributed by atoms with Crippen LogP contribution >= 0.6 is 0 Å². The maximum atomic E-state index is 13.3. The Morgan fingerprint density at radius 2 is 2.00 bits per heavy atom. The van der Waals surface area contributed by atoms with Crippen LogP contribution in [0.1, 0.15) is 18.4 Å². The molecule has 1 heterocycles. The zero-order valence-corrected chi connectivity index (χ0v) is 14.9. The van der Waals surface area contributed by atoms with E-state index in [1.165, 1.54) is 6.07 Å². The molecule has 0 aliphatic heterocycles. The molecule has 0 spiro atoms. The molecule has 0 atom stereocenters. The van der Waals surface area contributed by atoms with Gasteiger partial charge in [0.05, 0.1) is 0 Å². The fourth-order valence-corrected chi connectivity index (χ4v) is 2.50. The molecular weight excluding hydrogens is 317 g/mol. The number of benzene rings is 1. The van der Waals surface area contributed by atoms with Crippen LogP contribution < -0.4 is 10.6 Å². The Bertz CT molecular complexity index is 660. The van der Waals surface area contributed by atoms with Gasteiger partial charge in [0, 0.05) is 39.9 Å². The van der Waals surface area contributed by atoms with Gasteiger partial charge in [-0.3, -0.25) is 4.99 Å². The smallest absolute Gasteiger partial charge is 0.193 e. The van der Waals surface area contributed by atoms with Crippen LogP contribution in [0.25, 0.3) is 0 Å². The molecule has 0 unspecified atom stereocenters. The normalized spacial score (nSPS) is 11.2. The first-order valence-corrected chi connectivity index (χ1v) is 8.50. The molecule has 2 aromatic rings. The van der Waals surface area contributed by atoms with Crippen LogP contribution in [0.4, 0.5) is 10.2 Å². The first-order valence-electron chi connectivity index (χ1n) is 8.50. The molecule has 25 heavy (non-hydrogen) atoms. The van der Waals surface area contributed by atoms with E-state index < -0.39 is 0 Å². The topological polar surface area (TPSA) is 52.6 Å². The van der Waals surface area contributed by atoms with E-state index in [0.29, 0.717) is 6.54 Å². The molecule has 0 saturated carbocycles. The summed E-state index contributed by atoms with van der Waals surface area (Å²) in [4.78, 5) is 10.5. The van der Waals surface area contributed by atoms with Crippen LogP contribution in [0.5, 0.6) is 0 Å². The van der Waals surface area contributed by atoms with Gasteiger partial charge in [0.15, 0.2) is 5.96 Å². The van der Waals surface area contributed by atoms with Gasteiger partial charge in [-0.2, -0.15) is 0 Å². The Balaban J connectivity index is 1.66. The summed E-state index contributed by atoms with van der Waals surface area (Å²) in [5.74, 6) is 1.50. The predicted octanol–water partition coefficient (Wildman–Crippen LogP) is 3.12. The van der Waals surface area contributed by atoms with Gasteiger partial charge in [0.2, 0.25) is 0 Å². The van der Waals surface area contributed by atoms with Crippen LogP contribution in [-0.2, 0) is 6.54 Å². The van der Waals surface area contributed by atoms with Gasteiger partial charge in [-0.05, 0) is 42.7 Å². The number of aromatic nitrogens is 1. The largest absolute Gasteiger partial charge is 0.370 e. The molecule has 1 aromatic heterocycles. The number of guanidine groups is 1. The van der Waals surface area contributed by atoms with Crippen molar-refractivity contribution in [1.82, 2.24) is 15.2 Å². The third kappa shape index (κ3) is 6.79. The monoisotopic (exact) mass is 343 g/mol. The second-order valence-electron chi connectivity index (χ2n) is 5.81. The van der Waals surface area contributed by atoms with Gasteiger partial charge >= 0.3 is 0 Å². The maximum absolute atomic E-state index is 13.3. The van der Waals surface area contributed by atoms with Crippen molar-refractivity contribution in [2.45, 2.75) is 19.4 Å². The second kappa shape index (κ2) is 10.3. The number of aliphatic imine (C=N–C) groups is 1. The van der Waals surface area contributed by atoms with Crippen LogP contribution in [0.2, 0.25) is 0 Å². The van der Waals surface area contributed by atoms with Crippen molar-refractivity contribution in [2.75, 3.05) is 32.5 Å². The third-order valence-corrected chi connectivity index (χ3v) is 3.74. The van der Waals surface area contributed by atoms with Crippen molar-refractivity contribution in [3.8, 4) is 0 Å². The van der Waals surface area contributed by atoms with E-state index in [-0.39, 0.29) is 5.82 Å². The molecule has 2 N–H and O–H groups in total. The van der Waals surface area contributed by atoms with E-state index in [4.69, 9.17) is 0 Å². The van der Waals surface area contributed by atoms with E-state index in [1.54, 1.807) is 25.4 Å². The standard InChI is InChI=1S/C19H26FN5/c1-21-19(25(2)15-16-8-7-9-17(20)14-16)24-13-6-5-12-23-18-10-3-4-11-22-18/h3-4,7-11,14H,5-6,12-13,15H2,1-2H3,(H,21,24)(H,22,23). The summed E-state index contributed by atoms with van der Waals surface area (Å²) in [6, 6.07) is 12.5. The van der Waals surface area contributed by atoms with Gasteiger partial charge in [-0.1, -0.05) is 18.2 Å². The highest BCUT2D eigenvalue weighted by Crippen LogP contribution is 2.06. The summed E-state index contributed by atoms with van der Waals surface area (Å²) in [5, 5.41) is 6.63. The molecule has 0 amide bonds. The molecular formula is C19H26FN5. The lowest BCUT2D eigenvalue weighted by atomic mass is 10.2. The lowest BCUT2D eigenvalue weighted by molar-refractivity contribution is 0.473. The number of pyridine rings is 1. The van der Waals surface area contributed by atoms with Crippen LogP contribution in [-0.4, -0.2) is 43.0 Å². The van der Waals surface area contributed by atoms with E-state index in [9.17, 15) is 4.39 Å². The van der Waals surface area contributed by atoms with E-state index in [2.05, 4.69) is 20.6 Å². The molecule has 6 heteroatoms. The summed E-state index contributed by atoms with van der Waals surface area (Å²) in [7, 11) is 3.70. The molecule has 1 aromatic carbocycles. The number of halogens is 1. The summed E-state index contributed by atoms with van der Waals surface area (Å²) in [6.07, 6.45) is 3.84. The fraction of sp³-hybridized carbons (Fsp3) is 0.368. The fourth-order valence-electron chi connectivity index (χ4n) is 2.50. The summed E-state index contributed by atoms with van der Waals surface area (Å²) >= 11 is 0. The summed E-state index contributed by atoms with van der Waals surface area (Å²) in [6.45, 7) is 2.33. The molecule has 2 rings (SSSR count). The Morgan fingerprint density at radius 1 is 1.16 bits per heavy atom. The zero-order valence-electron chi connectivity index (χ0n) is 14.9.